The minimum atomic E-state index is 0.0583. The molecule has 0 radical (unpaired) electrons. The number of fused-ring (bicyclic) bond motifs is 1. The Labute approximate surface area is 155 Å². The van der Waals surface area contributed by atoms with Gasteiger partial charge in [0.1, 0.15) is 0 Å². The van der Waals surface area contributed by atoms with Crippen LogP contribution in [0.5, 0.6) is 0 Å². The summed E-state index contributed by atoms with van der Waals surface area (Å²) in [4.78, 5) is 17.7. The lowest BCUT2D eigenvalue weighted by atomic mass is 9.94. The standard InChI is InChI=1S/C22H27N3O/c23-19-12-10-17(11-13-19)22(26)25-15-14-24(20-7-2-1-3-8-20)16-18-6-4-5-9-21(18)25/h4-6,9-13,20H,1-3,7-8,14-16,23H2. The van der Waals surface area contributed by atoms with Gasteiger partial charge in [0.05, 0.1) is 0 Å². The normalized spacial score (nSPS) is 19.0. The molecule has 1 saturated carbocycles. The Morgan fingerprint density at radius 1 is 0.923 bits per heavy atom. The molecule has 1 aliphatic carbocycles. The van der Waals surface area contributed by atoms with Gasteiger partial charge in [-0.2, -0.15) is 0 Å². The Kier molecular flexibility index (Phi) is 4.93. The number of nitrogens with two attached hydrogens (primary N) is 1. The lowest BCUT2D eigenvalue weighted by molar-refractivity contribution is 0.0980. The number of hydrogen-bond donors (Lipinski definition) is 1. The number of nitrogen functional groups attached to an aromatic ring is 1. The smallest absolute Gasteiger partial charge is 0.258 e. The fourth-order valence-electron chi connectivity index (χ4n) is 4.30. The highest BCUT2D eigenvalue weighted by molar-refractivity contribution is 6.06. The van der Waals surface area contributed by atoms with Crippen molar-refractivity contribution >= 4 is 17.3 Å². The number of carbonyl (C=O) groups is 1. The zero-order valence-electron chi connectivity index (χ0n) is 15.2. The molecule has 26 heavy (non-hydrogen) atoms. The molecule has 2 aromatic carbocycles. The van der Waals surface area contributed by atoms with Crippen LogP contribution in [0.1, 0.15) is 48.0 Å². The van der Waals surface area contributed by atoms with Crippen molar-refractivity contribution in [3.63, 3.8) is 0 Å². The molecule has 4 rings (SSSR count). The zero-order valence-corrected chi connectivity index (χ0v) is 15.2. The van der Waals surface area contributed by atoms with Crippen LogP contribution in [0.2, 0.25) is 0 Å². The van der Waals surface area contributed by atoms with E-state index in [4.69, 9.17) is 5.73 Å². The van der Waals surface area contributed by atoms with Gasteiger partial charge >= 0.3 is 0 Å². The molecule has 2 aliphatic rings. The van der Waals surface area contributed by atoms with E-state index in [-0.39, 0.29) is 5.91 Å². The van der Waals surface area contributed by atoms with E-state index >= 15 is 0 Å². The number of anilines is 2. The van der Waals surface area contributed by atoms with Crippen molar-refractivity contribution in [1.29, 1.82) is 0 Å². The number of para-hydroxylation sites is 1. The predicted molar refractivity (Wildman–Crippen MR) is 106 cm³/mol. The molecule has 4 nitrogen and oxygen atoms in total. The number of nitrogens with zero attached hydrogens (tertiary/aromatic N) is 2. The first-order valence-corrected chi connectivity index (χ1v) is 9.72. The third kappa shape index (κ3) is 3.47. The molecule has 2 N–H and O–H groups in total. The molecule has 136 valence electrons. The molecule has 1 fully saturated rings. The van der Waals surface area contributed by atoms with E-state index in [0.717, 1.165) is 25.3 Å². The minimum absolute atomic E-state index is 0.0583. The highest BCUT2D eigenvalue weighted by Crippen LogP contribution is 2.30. The average molecular weight is 349 g/mol. The predicted octanol–water partition coefficient (Wildman–Crippen LogP) is 4.06. The lowest BCUT2D eigenvalue weighted by Crippen LogP contribution is -2.40. The molecule has 0 bridgehead atoms. The van der Waals surface area contributed by atoms with Gasteiger partial charge in [0.15, 0.2) is 0 Å². The van der Waals surface area contributed by atoms with Crippen LogP contribution in [0.25, 0.3) is 0 Å². The summed E-state index contributed by atoms with van der Waals surface area (Å²) >= 11 is 0. The summed E-state index contributed by atoms with van der Waals surface area (Å²) in [5.41, 5.74) is 9.45. The Hall–Kier alpha value is -2.33. The first kappa shape index (κ1) is 17.1. The van der Waals surface area contributed by atoms with E-state index in [1.54, 1.807) is 12.1 Å². The van der Waals surface area contributed by atoms with Crippen molar-refractivity contribution in [3.8, 4) is 0 Å². The van der Waals surface area contributed by atoms with Crippen molar-refractivity contribution < 1.29 is 4.79 Å². The van der Waals surface area contributed by atoms with Gasteiger partial charge in [-0.25, -0.2) is 0 Å². The van der Waals surface area contributed by atoms with Gasteiger partial charge < -0.3 is 10.6 Å². The molecular formula is C22H27N3O. The quantitative estimate of drug-likeness (QED) is 0.832. The summed E-state index contributed by atoms with van der Waals surface area (Å²) in [5, 5.41) is 0. The molecule has 0 aromatic heterocycles. The number of carbonyl (C=O) groups excluding carboxylic acids is 1. The van der Waals surface area contributed by atoms with Crippen molar-refractivity contribution in [2.45, 2.75) is 44.7 Å². The Balaban J connectivity index is 1.62. The highest BCUT2D eigenvalue weighted by Gasteiger charge is 2.28. The van der Waals surface area contributed by atoms with Crippen LogP contribution in [-0.2, 0) is 6.54 Å². The SMILES string of the molecule is Nc1ccc(C(=O)N2CCN(C3CCCCC3)Cc3ccccc32)cc1. The van der Waals surface area contributed by atoms with E-state index in [9.17, 15) is 4.79 Å². The van der Waals surface area contributed by atoms with Gasteiger partial charge in [-0.05, 0) is 48.7 Å². The Morgan fingerprint density at radius 3 is 2.42 bits per heavy atom. The van der Waals surface area contributed by atoms with Crippen LogP contribution in [0, 0.1) is 0 Å². The van der Waals surface area contributed by atoms with Crippen LogP contribution in [0.3, 0.4) is 0 Å². The summed E-state index contributed by atoms with van der Waals surface area (Å²) in [6, 6.07) is 16.2. The van der Waals surface area contributed by atoms with Crippen LogP contribution < -0.4 is 10.6 Å². The van der Waals surface area contributed by atoms with Crippen molar-refractivity contribution in [2.75, 3.05) is 23.7 Å². The third-order valence-electron chi connectivity index (χ3n) is 5.76. The number of rotatable bonds is 2. The van der Waals surface area contributed by atoms with Crippen LogP contribution in [0.15, 0.2) is 48.5 Å². The van der Waals surface area contributed by atoms with Crippen molar-refractivity contribution in [2.24, 2.45) is 0 Å². The fraction of sp³-hybridized carbons (Fsp3) is 0.409. The third-order valence-corrected chi connectivity index (χ3v) is 5.76. The Morgan fingerprint density at radius 2 is 1.65 bits per heavy atom. The maximum absolute atomic E-state index is 13.2. The van der Waals surface area contributed by atoms with Crippen molar-refractivity contribution in [3.05, 3.63) is 59.7 Å². The van der Waals surface area contributed by atoms with E-state index < -0.39 is 0 Å². The Bertz CT molecular complexity index is 765. The van der Waals surface area contributed by atoms with Crippen molar-refractivity contribution in [1.82, 2.24) is 4.90 Å². The van der Waals surface area contributed by atoms with Gasteiger partial charge in [0, 0.05) is 42.6 Å². The molecule has 0 spiro atoms. The molecule has 0 atom stereocenters. The summed E-state index contributed by atoms with van der Waals surface area (Å²) in [6.07, 6.45) is 6.60. The van der Waals surface area contributed by atoms with Gasteiger partial charge in [-0.1, -0.05) is 37.5 Å². The molecule has 0 unspecified atom stereocenters. The monoisotopic (exact) mass is 349 g/mol. The van der Waals surface area contributed by atoms with Crippen LogP contribution >= 0.6 is 0 Å². The van der Waals surface area contributed by atoms with Crippen LogP contribution in [-0.4, -0.2) is 29.9 Å². The summed E-state index contributed by atoms with van der Waals surface area (Å²) in [5.74, 6) is 0.0583. The van der Waals surface area contributed by atoms with E-state index in [1.807, 2.05) is 23.1 Å². The lowest BCUT2D eigenvalue weighted by Gasteiger charge is -2.33. The maximum atomic E-state index is 13.2. The maximum Gasteiger partial charge on any atom is 0.258 e. The molecule has 1 heterocycles. The molecule has 2 aromatic rings. The highest BCUT2D eigenvalue weighted by atomic mass is 16.2. The second-order valence-corrected chi connectivity index (χ2v) is 7.47. The zero-order chi connectivity index (χ0) is 17.9. The number of hydrogen-bond acceptors (Lipinski definition) is 3. The van der Waals surface area contributed by atoms with Gasteiger partial charge in [0.2, 0.25) is 0 Å². The summed E-state index contributed by atoms with van der Waals surface area (Å²) < 4.78 is 0. The minimum Gasteiger partial charge on any atom is -0.399 e. The first-order chi connectivity index (χ1) is 12.7. The fourth-order valence-corrected chi connectivity index (χ4v) is 4.30. The summed E-state index contributed by atoms with van der Waals surface area (Å²) in [7, 11) is 0. The molecular weight excluding hydrogens is 322 g/mol. The topological polar surface area (TPSA) is 49.6 Å². The van der Waals surface area contributed by atoms with E-state index in [1.165, 1.54) is 37.7 Å². The first-order valence-electron chi connectivity index (χ1n) is 9.72. The van der Waals surface area contributed by atoms with E-state index in [2.05, 4.69) is 23.1 Å². The van der Waals surface area contributed by atoms with Gasteiger partial charge in [-0.15, -0.1) is 0 Å². The molecule has 0 saturated heterocycles. The number of amides is 1. The largest absolute Gasteiger partial charge is 0.399 e. The molecule has 1 aliphatic heterocycles. The van der Waals surface area contributed by atoms with E-state index in [0.29, 0.717) is 17.3 Å². The molecule has 1 amide bonds. The van der Waals surface area contributed by atoms with Gasteiger partial charge in [-0.3, -0.25) is 9.69 Å². The van der Waals surface area contributed by atoms with Crippen LogP contribution in [0.4, 0.5) is 11.4 Å². The second-order valence-electron chi connectivity index (χ2n) is 7.47. The average Bonchev–Trinajstić information content (AvgIpc) is 2.88. The molecule has 4 heteroatoms. The summed E-state index contributed by atoms with van der Waals surface area (Å²) in [6.45, 7) is 2.60. The second kappa shape index (κ2) is 7.50. The number of benzene rings is 2. The van der Waals surface area contributed by atoms with Gasteiger partial charge in [0.25, 0.3) is 5.91 Å².